The van der Waals surface area contributed by atoms with Crippen LogP contribution in [0.1, 0.15) is 0 Å². The van der Waals surface area contributed by atoms with Gasteiger partial charge in [0.05, 0.1) is 17.4 Å². The zero-order valence-electron chi connectivity index (χ0n) is 15.3. The quantitative estimate of drug-likeness (QED) is 0.650. The van der Waals surface area contributed by atoms with Crippen LogP contribution in [0.15, 0.2) is 49.1 Å². The maximum atomic E-state index is 12.3. The molecular formula is C20H21N7O. The van der Waals surface area contributed by atoms with E-state index >= 15 is 0 Å². The summed E-state index contributed by atoms with van der Waals surface area (Å²) in [5, 5.41) is 9.93. The summed E-state index contributed by atoms with van der Waals surface area (Å²) < 4.78 is 0. The number of nitrogens with zero attached hydrogens (tertiary/aromatic N) is 4. The second-order valence-corrected chi connectivity index (χ2v) is 7.31. The van der Waals surface area contributed by atoms with Gasteiger partial charge in [0.1, 0.15) is 0 Å². The number of rotatable bonds is 3. The molecule has 8 heteroatoms. The molecule has 2 aliphatic heterocycles. The normalized spacial score (nSPS) is 20.9. The largest absolute Gasteiger partial charge is 0.371 e. The molecule has 0 spiro atoms. The van der Waals surface area contributed by atoms with Crippen molar-refractivity contribution < 1.29 is 4.79 Å². The van der Waals surface area contributed by atoms with Crippen molar-refractivity contribution in [1.29, 1.82) is 0 Å². The van der Waals surface area contributed by atoms with Gasteiger partial charge in [-0.1, -0.05) is 0 Å². The lowest BCUT2D eigenvalue weighted by Crippen LogP contribution is -2.25. The topological polar surface area (TPSA) is 95.1 Å². The van der Waals surface area contributed by atoms with Crippen molar-refractivity contribution in [3.05, 3.63) is 49.1 Å². The van der Waals surface area contributed by atoms with E-state index in [0.29, 0.717) is 11.5 Å². The van der Waals surface area contributed by atoms with E-state index in [1.165, 1.54) is 18.1 Å². The molecule has 4 heterocycles. The monoisotopic (exact) mass is 375 g/mol. The molecule has 2 unspecified atom stereocenters. The van der Waals surface area contributed by atoms with Crippen LogP contribution in [-0.2, 0) is 0 Å². The SMILES string of the molecule is O=C(Nc1cnccn1)Nc1ccnc2cc(N3CC4CNCC4C3)ccc12. The summed E-state index contributed by atoms with van der Waals surface area (Å²) in [5.74, 6) is 1.87. The smallest absolute Gasteiger partial charge is 0.324 e. The van der Waals surface area contributed by atoms with Crippen LogP contribution in [0.3, 0.4) is 0 Å². The molecule has 28 heavy (non-hydrogen) atoms. The summed E-state index contributed by atoms with van der Waals surface area (Å²) in [5.41, 5.74) is 2.76. The number of pyridine rings is 1. The van der Waals surface area contributed by atoms with Gasteiger partial charge < -0.3 is 15.5 Å². The van der Waals surface area contributed by atoms with Crippen molar-refractivity contribution in [2.45, 2.75) is 0 Å². The van der Waals surface area contributed by atoms with Crippen molar-refractivity contribution >= 4 is 34.1 Å². The molecule has 0 radical (unpaired) electrons. The standard InChI is InChI=1S/C20H21N7O/c28-20(26-19-10-21-5-6-24-19)25-17-3-4-23-18-7-15(1-2-16(17)18)27-11-13-8-22-9-14(13)12-27/h1-7,10,13-14,22H,8-9,11-12H2,(H2,23,24,25,26,28). The van der Waals surface area contributed by atoms with Crippen LogP contribution in [0.4, 0.5) is 22.0 Å². The summed E-state index contributed by atoms with van der Waals surface area (Å²) in [4.78, 5) is 27.2. The third-order valence-electron chi connectivity index (χ3n) is 5.53. The fraction of sp³-hybridized carbons (Fsp3) is 0.300. The van der Waals surface area contributed by atoms with E-state index in [-0.39, 0.29) is 6.03 Å². The molecule has 0 aliphatic carbocycles. The molecular weight excluding hydrogens is 354 g/mol. The predicted molar refractivity (Wildman–Crippen MR) is 108 cm³/mol. The molecule has 8 nitrogen and oxygen atoms in total. The number of hydrogen-bond donors (Lipinski definition) is 3. The molecule has 2 aliphatic rings. The van der Waals surface area contributed by atoms with Gasteiger partial charge in [-0.05, 0) is 36.1 Å². The zero-order chi connectivity index (χ0) is 18.9. The number of amides is 2. The Kier molecular flexibility index (Phi) is 4.25. The lowest BCUT2D eigenvalue weighted by molar-refractivity contribution is 0.262. The molecule has 0 saturated carbocycles. The number of nitrogens with one attached hydrogen (secondary N) is 3. The van der Waals surface area contributed by atoms with Crippen LogP contribution in [0.25, 0.3) is 10.9 Å². The summed E-state index contributed by atoms with van der Waals surface area (Å²) in [6, 6.07) is 7.68. The molecule has 5 rings (SSSR count). The fourth-order valence-electron chi connectivity index (χ4n) is 4.14. The highest BCUT2D eigenvalue weighted by Crippen LogP contribution is 2.33. The molecule has 2 fully saturated rings. The average Bonchev–Trinajstić information content (AvgIpc) is 3.31. The van der Waals surface area contributed by atoms with Crippen molar-refractivity contribution in [3.63, 3.8) is 0 Å². The van der Waals surface area contributed by atoms with Gasteiger partial charge in [0.25, 0.3) is 0 Å². The lowest BCUT2D eigenvalue weighted by Gasteiger charge is -2.20. The van der Waals surface area contributed by atoms with Crippen LogP contribution >= 0.6 is 0 Å². The first kappa shape index (κ1) is 16.9. The molecule has 2 atom stereocenters. The highest BCUT2D eigenvalue weighted by atomic mass is 16.2. The Morgan fingerprint density at radius 1 is 1.04 bits per heavy atom. The Morgan fingerprint density at radius 3 is 2.68 bits per heavy atom. The zero-order valence-corrected chi connectivity index (χ0v) is 15.3. The van der Waals surface area contributed by atoms with Crippen molar-refractivity contribution in [1.82, 2.24) is 20.3 Å². The first-order valence-corrected chi connectivity index (χ1v) is 9.45. The lowest BCUT2D eigenvalue weighted by atomic mass is 10.0. The Labute approximate surface area is 162 Å². The number of carbonyl (C=O) groups excluding carboxylic acids is 1. The van der Waals surface area contributed by atoms with Crippen LogP contribution in [0, 0.1) is 11.8 Å². The van der Waals surface area contributed by atoms with E-state index in [4.69, 9.17) is 0 Å². The van der Waals surface area contributed by atoms with E-state index in [9.17, 15) is 4.79 Å². The van der Waals surface area contributed by atoms with E-state index in [1.54, 1.807) is 18.5 Å². The second-order valence-electron chi connectivity index (χ2n) is 7.31. The maximum Gasteiger partial charge on any atom is 0.324 e. The highest BCUT2D eigenvalue weighted by Gasteiger charge is 2.36. The summed E-state index contributed by atoms with van der Waals surface area (Å²) in [6.45, 7) is 4.40. The minimum Gasteiger partial charge on any atom is -0.371 e. The van der Waals surface area contributed by atoms with Gasteiger partial charge in [-0.3, -0.25) is 15.3 Å². The van der Waals surface area contributed by atoms with E-state index in [0.717, 1.165) is 48.9 Å². The van der Waals surface area contributed by atoms with Crippen LogP contribution < -0.4 is 20.9 Å². The number of anilines is 3. The van der Waals surface area contributed by atoms with Crippen molar-refractivity contribution in [2.24, 2.45) is 11.8 Å². The molecule has 2 saturated heterocycles. The van der Waals surface area contributed by atoms with Crippen LogP contribution in [0.5, 0.6) is 0 Å². The van der Waals surface area contributed by atoms with Crippen molar-refractivity contribution in [2.75, 3.05) is 41.7 Å². The van der Waals surface area contributed by atoms with Gasteiger partial charge in [0.15, 0.2) is 5.82 Å². The van der Waals surface area contributed by atoms with Crippen LogP contribution in [-0.4, -0.2) is 47.2 Å². The summed E-state index contributed by atoms with van der Waals surface area (Å²) in [7, 11) is 0. The van der Waals surface area contributed by atoms with Gasteiger partial charge >= 0.3 is 6.03 Å². The second kappa shape index (κ2) is 7.05. The van der Waals surface area contributed by atoms with E-state index < -0.39 is 0 Å². The predicted octanol–water partition coefficient (Wildman–Crippen LogP) is 2.32. The number of fused-ring (bicyclic) bond motifs is 2. The fourth-order valence-corrected chi connectivity index (χ4v) is 4.14. The Bertz CT molecular complexity index is 998. The van der Waals surface area contributed by atoms with Gasteiger partial charge in [0, 0.05) is 55.8 Å². The van der Waals surface area contributed by atoms with E-state index in [1.807, 2.05) is 6.07 Å². The molecule has 2 amide bonds. The average molecular weight is 375 g/mol. The Hall–Kier alpha value is -3.26. The van der Waals surface area contributed by atoms with Gasteiger partial charge in [-0.2, -0.15) is 0 Å². The number of carbonyl (C=O) groups is 1. The number of hydrogen-bond acceptors (Lipinski definition) is 6. The summed E-state index contributed by atoms with van der Waals surface area (Å²) in [6.07, 6.45) is 6.30. The minimum atomic E-state index is -0.364. The molecule has 0 bridgehead atoms. The minimum absolute atomic E-state index is 0.364. The Morgan fingerprint density at radius 2 is 1.89 bits per heavy atom. The van der Waals surface area contributed by atoms with Crippen LogP contribution in [0.2, 0.25) is 0 Å². The third kappa shape index (κ3) is 3.22. The third-order valence-corrected chi connectivity index (χ3v) is 5.53. The van der Waals surface area contributed by atoms with Crippen molar-refractivity contribution in [3.8, 4) is 0 Å². The van der Waals surface area contributed by atoms with Gasteiger partial charge in [0.2, 0.25) is 0 Å². The molecule has 1 aromatic carbocycles. The highest BCUT2D eigenvalue weighted by molar-refractivity contribution is 6.05. The van der Waals surface area contributed by atoms with E-state index in [2.05, 4.69) is 47.9 Å². The van der Waals surface area contributed by atoms with Gasteiger partial charge in [-0.25, -0.2) is 9.78 Å². The summed E-state index contributed by atoms with van der Waals surface area (Å²) >= 11 is 0. The maximum absolute atomic E-state index is 12.3. The molecule has 3 N–H and O–H groups in total. The molecule has 2 aromatic heterocycles. The first-order chi connectivity index (χ1) is 13.8. The molecule has 3 aromatic rings. The number of aromatic nitrogens is 3. The Balaban J connectivity index is 1.35. The van der Waals surface area contributed by atoms with Gasteiger partial charge in [-0.15, -0.1) is 0 Å². The molecule has 142 valence electrons. The first-order valence-electron chi connectivity index (χ1n) is 9.45. The number of urea groups is 1. The number of benzene rings is 1.